The molecule has 6 heteroatoms. The maximum Gasteiger partial charge on any atom is 0.142 e. The largest absolute Gasteiger partial charge is 0.387 e. The number of aromatic nitrogens is 2. The lowest BCUT2D eigenvalue weighted by Gasteiger charge is -2.12. The monoisotopic (exact) mass is 429 g/mol. The van der Waals surface area contributed by atoms with Gasteiger partial charge in [0.05, 0.1) is 23.5 Å². The van der Waals surface area contributed by atoms with Gasteiger partial charge in [-0.05, 0) is 66.8 Å². The highest BCUT2D eigenvalue weighted by Gasteiger charge is 2.09. The molecule has 3 aromatic rings. The molecule has 0 aliphatic heterocycles. The van der Waals surface area contributed by atoms with Crippen molar-refractivity contribution in [2.45, 2.75) is 39.2 Å². The summed E-state index contributed by atoms with van der Waals surface area (Å²) in [6.07, 6.45) is 10.3. The molecule has 0 bridgehead atoms. The van der Waals surface area contributed by atoms with Crippen molar-refractivity contribution in [1.29, 1.82) is 5.26 Å². The number of halogens is 1. The Labute approximate surface area is 188 Å². The number of nitriles is 1. The van der Waals surface area contributed by atoms with Gasteiger partial charge >= 0.3 is 0 Å². The predicted molar refractivity (Wildman–Crippen MR) is 126 cm³/mol. The van der Waals surface area contributed by atoms with Gasteiger partial charge in [0.1, 0.15) is 5.82 Å². The van der Waals surface area contributed by atoms with Crippen LogP contribution in [0.2, 0.25) is 0 Å². The minimum atomic E-state index is -0.349. The van der Waals surface area contributed by atoms with Crippen molar-refractivity contribution in [3.8, 4) is 17.3 Å². The van der Waals surface area contributed by atoms with Crippen LogP contribution in [0.15, 0.2) is 61.2 Å². The zero-order valence-corrected chi connectivity index (χ0v) is 18.3. The van der Waals surface area contributed by atoms with Gasteiger partial charge in [0, 0.05) is 36.3 Å². The standard InChI is InChI=1S/C26H28FN5/c1-2-3-4-21(22-12-24(27)18-31-16-22)15-30-17-23-11-20(13-29)5-7-25(23)26-8-6-19(9-10-28)14-32-26/h5-8,11-12,14-16,18,30H,2-4,9-10,17,28H2,1H3/b21-15+. The van der Waals surface area contributed by atoms with Crippen LogP contribution in [0.25, 0.3) is 16.8 Å². The van der Waals surface area contributed by atoms with Gasteiger partial charge in [0.15, 0.2) is 0 Å². The first-order valence-corrected chi connectivity index (χ1v) is 10.9. The molecule has 32 heavy (non-hydrogen) atoms. The number of nitrogens with zero attached hydrogens (tertiary/aromatic N) is 3. The van der Waals surface area contributed by atoms with Crippen molar-refractivity contribution in [2.24, 2.45) is 5.73 Å². The lowest BCUT2D eigenvalue weighted by atomic mass is 10.00. The molecule has 2 heterocycles. The van der Waals surface area contributed by atoms with Crippen LogP contribution in [0.5, 0.6) is 0 Å². The molecule has 0 saturated carbocycles. The van der Waals surface area contributed by atoms with E-state index in [0.29, 0.717) is 18.7 Å². The second-order valence-corrected chi connectivity index (χ2v) is 7.62. The van der Waals surface area contributed by atoms with Gasteiger partial charge in [-0.3, -0.25) is 9.97 Å². The van der Waals surface area contributed by atoms with E-state index in [1.165, 1.54) is 12.3 Å². The summed E-state index contributed by atoms with van der Waals surface area (Å²) in [7, 11) is 0. The summed E-state index contributed by atoms with van der Waals surface area (Å²) in [5, 5.41) is 12.7. The predicted octanol–water partition coefficient (Wildman–Crippen LogP) is 4.98. The Hall–Kier alpha value is -3.56. The van der Waals surface area contributed by atoms with Gasteiger partial charge in [-0.15, -0.1) is 0 Å². The molecular formula is C26H28FN5. The number of hydrogen-bond acceptors (Lipinski definition) is 5. The van der Waals surface area contributed by atoms with Crippen LogP contribution in [0.3, 0.4) is 0 Å². The minimum Gasteiger partial charge on any atom is -0.387 e. The van der Waals surface area contributed by atoms with E-state index in [1.807, 2.05) is 36.7 Å². The van der Waals surface area contributed by atoms with E-state index in [2.05, 4.69) is 28.3 Å². The van der Waals surface area contributed by atoms with Crippen LogP contribution in [0.1, 0.15) is 48.4 Å². The number of rotatable bonds is 10. The fraction of sp³-hybridized carbons (Fsp3) is 0.269. The molecular weight excluding hydrogens is 401 g/mol. The normalized spacial score (nSPS) is 11.2. The number of nitrogens with one attached hydrogen (secondary N) is 1. The van der Waals surface area contributed by atoms with E-state index >= 15 is 0 Å². The third kappa shape index (κ3) is 6.22. The zero-order chi connectivity index (χ0) is 22.8. The smallest absolute Gasteiger partial charge is 0.142 e. The van der Waals surface area contributed by atoms with Gasteiger partial charge in [-0.2, -0.15) is 5.26 Å². The number of unbranched alkanes of at least 4 members (excludes halogenated alkanes) is 1. The number of nitrogens with two attached hydrogens (primary N) is 1. The number of allylic oxidation sites excluding steroid dienone is 1. The Morgan fingerprint density at radius 3 is 2.75 bits per heavy atom. The molecule has 0 amide bonds. The van der Waals surface area contributed by atoms with E-state index in [0.717, 1.165) is 59.2 Å². The van der Waals surface area contributed by atoms with Crippen molar-refractivity contribution in [2.75, 3.05) is 6.54 Å². The minimum absolute atomic E-state index is 0.349. The lowest BCUT2D eigenvalue weighted by Crippen LogP contribution is -2.08. The second kappa shape index (κ2) is 11.7. The Morgan fingerprint density at radius 1 is 1.19 bits per heavy atom. The van der Waals surface area contributed by atoms with E-state index in [4.69, 9.17) is 5.73 Å². The summed E-state index contributed by atoms with van der Waals surface area (Å²) < 4.78 is 13.7. The average molecular weight is 430 g/mol. The first-order valence-electron chi connectivity index (χ1n) is 10.9. The van der Waals surface area contributed by atoms with E-state index in [-0.39, 0.29) is 5.82 Å². The Balaban J connectivity index is 1.85. The Kier molecular flexibility index (Phi) is 8.47. The topological polar surface area (TPSA) is 87.6 Å². The van der Waals surface area contributed by atoms with Crippen molar-refractivity contribution in [3.05, 3.63) is 89.3 Å². The maximum atomic E-state index is 13.7. The molecule has 0 fully saturated rings. The van der Waals surface area contributed by atoms with Gasteiger partial charge in [0.25, 0.3) is 0 Å². The van der Waals surface area contributed by atoms with Gasteiger partial charge in [-0.25, -0.2) is 4.39 Å². The van der Waals surface area contributed by atoms with Crippen LogP contribution in [0, 0.1) is 17.1 Å². The molecule has 0 spiro atoms. The van der Waals surface area contributed by atoms with Crippen molar-refractivity contribution >= 4 is 5.57 Å². The first kappa shape index (κ1) is 23.1. The highest BCUT2D eigenvalue weighted by molar-refractivity contribution is 5.66. The fourth-order valence-corrected chi connectivity index (χ4v) is 3.50. The van der Waals surface area contributed by atoms with Crippen LogP contribution in [-0.4, -0.2) is 16.5 Å². The summed E-state index contributed by atoms with van der Waals surface area (Å²) in [6.45, 7) is 3.22. The van der Waals surface area contributed by atoms with Crippen molar-refractivity contribution in [1.82, 2.24) is 15.3 Å². The Bertz CT molecular complexity index is 1100. The van der Waals surface area contributed by atoms with Gasteiger partial charge < -0.3 is 11.1 Å². The molecule has 0 aliphatic carbocycles. The second-order valence-electron chi connectivity index (χ2n) is 7.62. The SMILES string of the molecule is CCCC/C(=C\NCc1cc(C#N)ccc1-c1ccc(CCN)cn1)c1cncc(F)c1. The summed E-state index contributed by atoms with van der Waals surface area (Å²) in [5.74, 6) is -0.349. The molecule has 5 nitrogen and oxygen atoms in total. The maximum absolute atomic E-state index is 13.7. The average Bonchev–Trinajstić information content (AvgIpc) is 2.82. The molecule has 2 aromatic heterocycles. The van der Waals surface area contributed by atoms with Gasteiger partial charge in [-0.1, -0.05) is 25.5 Å². The fourth-order valence-electron chi connectivity index (χ4n) is 3.50. The number of pyridine rings is 2. The molecule has 0 aliphatic rings. The summed E-state index contributed by atoms with van der Waals surface area (Å²) in [4.78, 5) is 8.57. The van der Waals surface area contributed by atoms with E-state index in [9.17, 15) is 9.65 Å². The summed E-state index contributed by atoms with van der Waals surface area (Å²) in [5.41, 5.74) is 11.9. The lowest BCUT2D eigenvalue weighted by molar-refractivity contribution is 0.620. The van der Waals surface area contributed by atoms with Crippen molar-refractivity contribution < 1.29 is 4.39 Å². The van der Waals surface area contributed by atoms with E-state index in [1.54, 1.807) is 12.3 Å². The number of benzene rings is 1. The van der Waals surface area contributed by atoms with E-state index < -0.39 is 0 Å². The van der Waals surface area contributed by atoms with Gasteiger partial charge in [0.2, 0.25) is 0 Å². The molecule has 0 saturated heterocycles. The van der Waals surface area contributed by atoms with Crippen LogP contribution in [-0.2, 0) is 13.0 Å². The van der Waals surface area contributed by atoms with Crippen molar-refractivity contribution in [3.63, 3.8) is 0 Å². The summed E-state index contributed by atoms with van der Waals surface area (Å²) in [6, 6.07) is 13.3. The third-order valence-electron chi connectivity index (χ3n) is 5.21. The molecule has 164 valence electrons. The van der Waals surface area contributed by atoms with Crippen LogP contribution in [0.4, 0.5) is 4.39 Å². The first-order chi connectivity index (χ1) is 15.6. The van der Waals surface area contributed by atoms with Crippen LogP contribution < -0.4 is 11.1 Å². The molecule has 3 N–H and O–H groups in total. The summed E-state index contributed by atoms with van der Waals surface area (Å²) >= 11 is 0. The zero-order valence-electron chi connectivity index (χ0n) is 18.3. The Morgan fingerprint density at radius 2 is 2.06 bits per heavy atom. The highest BCUT2D eigenvalue weighted by atomic mass is 19.1. The quantitative estimate of drug-likeness (QED) is 0.475. The van der Waals surface area contributed by atoms with Crippen LogP contribution >= 0.6 is 0 Å². The molecule has 0 unspecified atom stereocenters. The highest BCUT2D eigenvalue weighted by Crippen LogP contribution is 2.24. The number of hydrogen-bond donors (Lipinski definition) is 2. The molecule has 0 radical (unpaired) electrons. The molecule has 1 aromatic carbocycles. The molecule has 0 atom stereocenters. The third-order valence-corrected chi connectivity index (χ3v) is 5.21. The molecule has 3 rings (SSSR count).